The van der Waals surface area contributed by atoms with Crippen molar-refractivity contribution in [3.05, 3.63) is 21.4 Å². The smallest absolute Gasteiger partial charge is 0.340 e. The molecule has 0 aliphatic carbocycles. The quantitative estimate of drug-likeness (QED) is 0.744. The van der Waals surface area contributed by atoms with Gasteiger partial charge in [0, 0.05) is 24.3 Å². The van der Waals surface area contributed by atoms with Gasteiger partial charge in [-0.15, -0.1) is 0 Å². The molecule has 7 heteroatoms. The summed E-state index contributed by atoms with van der Waals surface area (Å²) in [5.74, 6) is -0.680. The number of carbonyl (C=O) groups is 1. The molecule has 0 bridgehead atoms. The third-order valence-electron chi connectivity index (χ3n) is 4.81. The van der Waals surface area contributed by atoms with Crippen LogP contribution in [-0.2, 0) is 9.53 Å². The highest BCUT2D eigenvalue weighted by molar-refractivity contribution is 9.10. The minimum Gasteiger partial charge on any atom is -0.461 e. The SMILES string of the molecule is Cc1nc(C)c(C(O)C(=O)OC(C)C)c(N2CCC(C)(C#N)CC2)c1Br. The van der Waals surface area contributed by atoms with Crippen LogP contribution in [0.3, 0.4) is 0 Å². The number of piperidine rings is 1. The van der Waals surface area contributed by atoms with Gasteiger partial charge in [-0.2, -0.15) is 5.26 Å². The molecular formula is C19H26BrN3O3. The number of aryl methyl sites for hydroxylation is 2. The highest BCUT2D eigenvalue weighted by Gasteiger charge is 2.35. The summed E-state index contributed by atoms with van der Waals surface area (Å²) >= 11 is 3.58. The number of rotatable bonds is 4. The van der Waals surface area contributed by atoms with Crippen LogP contribution in [0.4, 0.5) is 5.69 Å². The van der Waals surface area contributed by atoms with E-state index in [-0.39, 0.29) is 11.5 Å². The molecule has 1 aliphatic rings. The second kappa shape index (κ2) is 7.93. The summed E-state index contributed by atoms with van der Waals surface area (Å²) in [6, 6.07) is 2.39. The number of halogens is 1. The lowest BCUT2D eigenvalue weighted by Crippen LogP contribution is -2.39. The maximum absolute atomic E-state index is 12.3. The van der Waals surface area contributed by atoms with Crippen LogP contribution < -0.4 is 4.90 Å². The lowest BCUT2D eigenvalue weighted by Gasteiger charge is -2.38. The Labute approximate surface area is 163 Å². The lowest BCUT2D eigenvalue weighted by molar-refractivity contribution is -0.157. The van der Waals surface area contributed by atoms with E-state index in [1.54, 1.807) is 20.8 Å². The van der Waals surface area contributed by atoms with Crippen LogP contribution in [0, 0.1) is 30.6 Å². The molecule has 0 spiro atoms. The molecule has 1 unspecified atom stereocenters. The monoisotopic (exact) mass is 423 g/mol. The van der Waals surface area contributed by atoms with Crippen LogP contribution in [-0.4, -0.2) is 35.3 Å². The topological polar surface area (TPSA) is 86.5 Å². The number of anilines is 1. The number of aromatic nitrogens is 1. The molecule has 0 amide bonds. The van der Waals surface area contributed by atoms with Crippen molar-refractivity contribution in [1.29, 1.82) is 5.26 Å². The summed E-state index contributed by atoms with van der Waals surface area (Å²) in [6.45, 7) is 10.5. The Morgan fingerprint density at radius 1 is 1.35 bits per heavy atom. The normalized spacial score (nSPS) is 17.7. The Bertz CT molecular complexity index is 735. The average molecular weight is 424 g/mol. The van der Waals surface area contributed by atoms with Gasteiger partial charge in [0.1, 0.15) is 0 Å². The summed E-state index contributed by atoms with van der Waals surface area (Å²) in [5, 5.41) is 20.0. The molecule has 1 fully saturated rings. The van der Waals surface area contributed by atoms with Gasteiger partial charge in [-0.05, 0) is 63.4 Å². The van der Waals surface area contributed by atoms with Crippen molar-refractivity contribution in [2.45, 2.75) is 59.7 Å². The summed E-state index contributed by atoms with van der Waals surface area (Å²) in [7, 11) is 0. The van der Waals surface area contributed by atoms with Crippen molar-refractivity contribution in [2.24, 2.45) is 5.41 Å². The number of carbonyl (C=O) groups excluding carboxylic acids is 1. The maximum atomic E-state index is 12.3. The van der Waals surface area contributed by atoms with Crippen LogP contribution in [0.15, 0.2) is 4.47 Å². The molecule has 6 nitrogen and oxygen atoms in total. The van der Waals surface area contributed by atoms with Crippen LogP contribution in [0.25, 0.3) is 0 Å². The van der Waals surface area contributed by atoms with Crippen molar-refractivity contribution >= 4 is 27.6 Å². The summed E-state index contributed by atoms with van der Waals surface area (Å²) < 4.78 is 5.95. The zero-order chi connectivity index (χ0) is 19.6. The van der Waals surface area contributed by atoms with Crippen LogP contribution >= 0.6 is 15.9 Å². The summed E-state index contributed by atoms with van der Waals surface area (Å²) in [5.41, 5.74) is 2.29. The largest absolute Gasteiger partial charge is 0.461 e. The molecule has 1 atom stereocenters. The predicted octanol–water partition coefficient (Wildman–Crippen LogP) is 3.58. The third kappa shape index (κ3) is 4.18. The number of hydrogen-bond donors (Lipinski definition) is 1. The standard InChI is InChI=1S/C19H26BrN3O3/c1-11(2)26-18(25)17(24)14-12(3)22-13(4)15(20)16(14)23-8-6-19(5,10-21)7-9-23/h11,17,24H,6-9H2,1-5H3. The first-order valence-electron chi connectivity index (χ1n) is 8.81. The van der Waals surface area contributed by atoms with E-state index < -0.39 is 12.1 Å². The minimum atomic E-state index is -1.40. The van der Waals surface area contributed by atoms with Gasteiger partial charge in [-0.3, -0.25) is 4.98 Å². The van der Waals surface area contributed by atoms with Gasteiger partial charge >= 0.3 is 5.97 Å². The van der Waals surface area contributed by atoms with Gasteiger partial charge in [0.05, 0.1) is 33.4 Å². The van der Waals surface area contributed by atoms with Crippen LogP contribution in [0.2, 0.25) is 0 Å². The number of nitriles is 1. The molecule has 0 radical (unpaired) electrons. The van der Waals surface area contributed by atoms with Gasteiger partial charge in [0.25, 0.3) is 0 Å². The zero-order valence-electron chi connectivity index (χ0n) is 16.0. The van der Waals surface area contributed by atoms with E-state index in [0.717, 1.165) is 28.7 Å². The maximum Gasteiger partial charge on any atom is 0.340 e. The predicted molar refractivity (Wildman–Crippen MR) is 103 cm³/mol. The molecular weight excluding hydrogens is 398 g/mol. The molecule has 0 saturated carbocycles. The van der Waals surface area contributed by atoms with Crippen molar-refractivity contribution in [2.75, 3.05) is 18.0 Å². The molecule has 2 heterocycles. The number of esters is 1. The number of pyridine rings is 1. The number of aliphatic hydroxyl groups is 1. The van der Waals surface area contributed by atoms with Gasteiger partial charge in [0.15, 0.2) is 6.10 Å². The lowest BCUT2D eigenvalue weighted by atomic mass is 9.81. The molecule has 1 saturated heterocycles. The number of aliphatic hydroxyl groups excluding tert-OH is 1. The molecule has 142 valence electrons. The fourth-order valence-electron chi connectivity index (χ4n) is 3.21. The van der Waals surface area contributed by atoms with E-state index >= 15 is 0 Å². The van der Waals surface area contributed by atoms with E-state index in [9.17, 15) is 15.2 Å². The van der Waals surface area contributed by atoms with Crippen molar-refractivity contribution in [3.63, 3.8) is 0 Å². The Hall–Kier alpha value is -1.65. The van der Waals surface area contributed by atoms with Gasteiger partial charge < -0.3 is 14.7 Å². The van der Waals surface area contributed by atoms with E-state index in [2.05, 4.69) is 31.9 Å². The molecule has 0 aromatic carbocycles. The molecule has 2 rings (SSSR count). The van der Waals surface area contributed by atoms with E-state index in [0.29, 0.717) is 24.3 Å². The van der Waals surface area contributed by atoms with Gasteiger partial charge in [0.2, 0.25) is 0 Å². The van der Waals surface area contributed by atoms with E-state index in [1.807, 2.05) is 13.8 Å². The fourth-order valence-corrected chi connectivity index (χ4v) is 3.76. The first kappa shape index (κ1) is 20.7. The minimum absolute atomic E-state index is 0.311. The summed E-state index contributed by atoms with van der Waals surface area (Å²) in [6.07, 6.45) is -0.264. The van der Waals surface area contributed by atoms with Crippen LogP contribution in [0.1, 0.15) is 56.7 Å². The average Bonchev–Trinajstić information content (AvgIpc) is 2.57. The third-order valence-corrected chi connectivity index (χ3v) is 5.76. The Kier molecular flexibility index (Phi) is 6.30. The van der Waals surface area contributed by atoms with Crippen molar-refractivity contribution in [1.82, 2.24) is 4.98 Å². The molecule has 26 heavy (non-hydrogen) atoms. The number of hydrogen-bond acceptors (Lipinski definition) is 6. The molecule has 1 aromatic heterocycles. The van der Waals surface area contributed by atoms with Crippen molar-refractivity contribution < 1.29 is 14.6 Å². The Balaban J connectivity index is 2.45. The van der Waals surface area contributed by atoms with E-state index in [4.69, 9.17) is 4.74 Å². The second-order valence-electron chi connectivity index (χ2n) is 7.41. The fraction of sp³-hybridized carbons (Fsp3) is 0.632. The number of ether oxygens (including phenoxy) is 1. The number of nitrogens with zero attached hydrogens (tertiary/aromatic N) is 3. The van der Waals surface area contributed by atoms with Crippen molar-refractivity contribution in [3.8, 4) is 6.07 Å². The first-order chi connectivity index (χ1) is 12.1. The van der Waals surface area contributed by atoms with Gasteiger partial charge in [-0.1, -0.05) is 0 Å². The highest BCUT2D eigenvalue weighted by Crippen LogP contribution is 2.41. The van der Waals surface area contributed by atoms with E-state index in [1.165, 1.54) is 0 Å². The zero-order valence-corrected chi connectivity index (χ0v) is 17.6. The summed E-state index contributed by atoms with van der Waals surface area (Å²) in [4.78, 5) is 18.9. The van der Waals surface area contributed by atoms with Gasteiger partial charge in [-0.25, -0.2) is 4.79 Å². The Morgan fingerprint density at radius 2 is 1.92 bits per heavy atom. The Morgan fingerprint density at radius 3 is 2.42 bits per heavy atom. The second-order valence-corrected chi connectivity index (χ2v) is 8.20. The molecule has 1 aliphatic heterocycles. The first-order valence-corrected chi connectivity index (χ1v) is 9.60. The highest BCUT2D eigenvalue weighted by atomic mass is 79.9. The molecule has 1 N–H and O–H groups in total. The van der Waals surface area contributed by atoms with Crippen LogP contribution in [0.5, 0.6) is 0 Å². The molecule has 1 aromatic rings.